The van der Waals surface area contributed by atoms with Crippen LogP contribution in [0.25, 0.3) is 0 Å². The first-order valence-electron chi connectivity index (χ1n) is 8.09. The summed E-state index contributed by atoms with van der Waals surface area (Å²) in [6, 6.07) is 7.66. The van der Waals surface area contributed by atoms with Gasteiger partial charge in [-0.2, -0.15) is 5.10 Å². The highest BCUT2D eigenvalue weighted by atomic mass is 32.1. The van der Waals surface area contributed by atoms with Crippen LogP contribution in [-0.2, 0) is 12.8 Å². The molecule has 2 aromatic heterocycles. The normalized spacial score (nSPS) is 18.0. The van der Waals surface area contributed by atoms with Crippen LogP contribution in [0.15, 0.2) is 29.8 Å². The van der Waals surface area contributed by atoms with Crippen molar-refractivity contribution in [3.63, 3.8) is 0 Å². The Bertz CT molecular complexity index is 526. The Kier molecular flexibility index (Phi) is 5.09. The van der Waals surface area contributed by atoms with Crippen LogP contribution in [0.3, 0.4) is 0 Å². The maximum absolute atomic E-state index is 4.83. The van der Waals surface area contributed by atoms with E-state index in [2.05, 4.69) is 46.8 Å². The van der Waals surface area contributed by atoms with E-state index < -0.39 is 0 Å². The summed E-state index contributed by atoms with van der Waals surface area (Å²) in [7, 11) is 2.05. The Labute approximate surface area is 131 Å². The van der Waals surface area contributed by atoms with Gasteiger partial charge in [-0.25, -0.2) is 0 Å². The van der Waals surface area contributed by atoms with Crippen LogP contribution in [-0.4, -0.2) is 22.9 Å². The third-order valence-electron chi connectivity index (χ3n) is 4.50. The summed E-state index contributed by atoms with van der Waals surface area (Å²) in [5.74, 6) is 0. The molecule has 4 heteroatoms. The van der Waals surface area contributed by atoms with Crippen molar-refractivity contribution in [1.82, 2.24) is 15.1 Å². The topological polar surface area (TPSA) is 29.9 Å². The van der Waals surface area contributed by atoms with Crippen molar-refractivity contribution in [2.24, 2.45) is 0 Å². The molecule has 0 spiro atoms. The number of aromatic nitrogens is 2. The second-order valence-electron chi connectivity index (χ2n) is 6.05. The molecule has 1 unspecified atom stereocenters. The molecule has 1 aliphatic carbocycles. The van der Waals surface area contributed by atoms with E-state index in [-0.39, 0.29) is 0 Å². The molecule has 114 valence electrons. The Morgan fingerprint density at radius 1 is 1.29 bits per heavy atom. The Morgan fingerprint density at radius 2 is 2.14 bits per heavy atom. The van der Waals surface area contributed by atoms with Crippen LogP contribution in [0.2, 0.25) is 0 Å². The van der Waals surface area contributed by atoms with Crippen LogP contribution >= 0.6 is 11.3 Å². The minimum atomic E-state index is 0.471. The van der Waals surface area contributed by atoms with Gasteiger partial charge in [-0.1, -0.05) is 25.3 Å². The molecule has 21 heavy (non-hydrogen) atoms. The molecule has 0 amide bonds. The minimum absolute atomic E-state index is 0.471. The molecule has 3 nitrogen and oxygen atoms in total. The van der Waals surface area contributed by atoms with Gasteiger partial charge in [0.1, 0.15) is 0 Å². The average Bonchev–Trinajstić information content (AvgIpc) is 3.19. The van der Waals surface area contributed by atoms with Crippen LogP contribution in [0.5, 0.6) is 0 Å². The monoisotopic (exact) mass is 303 g/mol. The first-order chi connectivity index (χ1) is 10.3. The van der Waals surface area contributed by atoms with E-state index in [0.29, 0.717) is 12.1 Å². The lowest BCUT2D eigenvalue weighted by atomic mass is 9.96. The quantitative estimate of drug-likeness (QED) is 0.879. The molecule has 0 aromatic carbocycles. The van der Waals surface area contributed by atoms with Gasteiger partial charge >= 0.3 is 0 Å². The average molecular weight is 303 g/mol. The van der Waals surface area contributed by atoms with E-state index in [0.717, 1.165) is 12.8 Å². The van der Waals surface area contributed by atoms with Crippen molar-refractivity contribution in [1.29, 1.82) is 0 Å². The van der Waals surface area contributed by atoms with Crippen molar-refractivity contribution < 1.29 is 0 Å². The lowest BCUT2D eigenvalue weighted by molar-refractivity contribution is 0.327. The zero-order chi connectivity index (χ0) is 14.5. The lowest BCUT2D eigenvalue weighted by Gasteiger charge is -2.22. The van der Waals surface area contributed by atoms with Gasteiger partial charge in [-0.3, -0.25) is 4.68 Å². The predicted molar refractivity (Wildman–Crippen MR) is 88.9 cm³/mol. The van der Waals surface area contributed by atoms with Gasteiger partial charge in [0.05, 0.1) is 11.7 Å². The molecule has 0 saturated heterocycles. The first-order valence-corrected chi connectivity index (χ1v) is 8.97. The molecule has 1 saturated carbocycles. The highest BCUT2D eigenvalue weighted by Crippen LogP contribution is 2.27. The van der Waals surface area contributed by atoms with Crippen molar-refractivity contribution in [3.8, 4) is 0 Å². The molecule has 0 aliphatic heterocycles. The molecule has 1 atom stereocenters. The standard InChI is InChI=1S/C17H25N3S/c1-18-15(13-17-8-5-11-21-17)12-14-9-10-20(19-14)16-6-3-2-4-7-16/h5,8-11,15-16,18H,2-4,6-7,12-13H2,1H3. The van der Waals surface area contributed by atoms with Gasteiger partial charge in [-0.05, 0) is 43.8 Å². The van der Waals surface area contributed by atoms with Gasteiger partial charge in [-0.15, -0.1) is 11.3 Å². The maximum atomic E-state index is 4.83. The van der Waals surface area contributed by atoms with Crippen molar-refractivity contribution in [2.45, 2.75) is 57.0 Å². The molecule has 0 radical (unpaired) electrons. The van der Waals surface area contributed by atoms with Gasteiger partial charge in [0.2, 0.25) is 0 Å². The molecule has 1 aliphatic rings. The molecule has 2 heterocycles. The highest BCUT2D eigenvalue weighted by Gasteiger charge is 2.17. The minimum Gasteiger partial charge on any atom is -0.316 e. The van der Waals surface area contributed by atoms with E-state index in [9.17, 15) is 0 Å². The SMILES string of the molecule is CNC(Cc1ccn(C2CCCCC2)n1)Cc1cccs1. The van der Waals surface area contributed by atoms with Crippen LogP contribution < -0.4 is 5.32 Å². The second kappa shape index (κ2) is 7.23. The number of hydrogen-bond acceptors (Lipinski definition) is 3. The van der Waals surface area contributed by atoms with E-state index in [1.165, 1.54) is 42.7 Å². The van der Waals surface area contributed by atoms with Crippen molar-refractivity contribution >= 4 is 11.3 Å². The number of nitrogens with one attached hydrogen (secondary N) is 1. The third kappa shape index (κ3) is 3.95. The molecule has 1 N–H and O–H groups in total. The number of hydrogen-bond donors (Lipinski definition) is 1. The fourth-order valence-corrected chi connectivity index (χ4v) is 4.02. The van der Waals surface area contributed by atoms with Crippen LogP contribution in [0, 0.1) is 0 Å². The Balaban J connectivity index is 1.59. The molecule has 0 bridgehead atoms. The number of rotatable bonds is 6. The largest absolute Gasteiger partial charge is 0.316 e. The number of likely N-dealkylation sites (N-methyl/N-ethyl adjacent to an activating group) is 1. The van der Waals surface area contributed by atoms with Crippen LogP contribution in [0.1, 0.15) is 48.7 Å². The third-order valence-corrected chi connectivity index (χ3v) is 5.40. The predicted octanol–water partition coefficient (Wildman–Crippen LogP) is 3.82. The van der Waals surface area contributed by atoms with Gasteiger partial charge in [0.25, 0.3) is 0 Å². The summed E-state index contributed by atoms with van der Waals surface area (Å²) in [6.07, 6.45) is 11.0. The van der Waals surface area contributed by atoms with E-state index >= 15 is 0 Å². The van der Waals surface area contributed by atoms with E-state index in [1.807, 2.05) is 11.3 Å². The van der Waals surface area contributed by atoms with E-state index in [1.54, 1.807) is 0 Å². The fraction of sp³-hybridized carbons (Fsp3) is 0.588. The highest BCUT2D eigenvalue weighted by molar-refractivity contribution is 7.09. The molecule has 2 aromatic rings. The summed E-state index contributed by atoms with van der Waals surface area (Å²) < 4.78 is 2.21. The van der Waals surface area contributed by atoms with Gasteiger partial charge in [0, 0.05) is 23.5 Å². The summed E-state index contributed by atoms with van der Waals surface area (Å²) >= 11 is 1.84. The summed E-state index contributed by atoms with van der Waals surface area (Å²) in [5, 5.41) is 10.4. The Hall–Kier alpha value is -1.13. The van der Waals surface area contributed by atoms with E-state index in [4.69, 9.17) is 5.10 Å². The molecule has 1 fully saturated rings. The van der Waals surface area contributed by atoms with Crippen LogP contribution in [0.4, 0.5) is 0 Å². The summed E-state index contributed by atoms with van der Waals surface area (Å²) in [5.41, 5.74) is 1.22. The smallest absolute Gasteiger partial charge is 0.0640 e. The van der Waals surface area contributed by atoms with Gasteiger partial charge in [0.15, 0.2) is 0 Å². The summed E-state index contributed by atoms with van der Waals surface area (Å²) in [6.45, 7) is 0. The van der Waals surface area contributed by atoms with Gasteiger partial charge < -0.3 is 5.32 Å². The summed E-state index contributed by atoms with van der Waals surface area (Å²) in [4.78, 5) is 1.45. The van der Waals surface area contributed by atoms with Crippen molar-refractivity contribution in [3.05, 3.63) is 40.3 Å². The zero-order valence-electron chi connectivity index (χ0n) is 12.8. The maximum Gasteiger partial charge on any atom is 0.0640 e. The molecular weight excluding hydrogens is 278 g/mol. The lowest BCUT2D eigenvalue weighted by Crippen LogP contribution is -2.29. The Morgan fingerprint density at radius 3 is 2.86 bits per heavy atom. The first kappa shape index (κ1) is 14.8. The molecular formula is C17H25N3S. The number of thiophene rings is 1. The number of nitrogens with zero attached hydrogens (tertiary/aromatic N) is 2. The fourth-order valence-electron chi connectivity index (χ4n) is 3.24. The van der Waals surface area contributed by atoms with Crippen molar-refractivity contribution in [2.75, 3.05) is 7.05 Å². The second-order valence-corrected chi connectivity index (χ2v) is 7.08. The molecule has 3 rings (SSSR count). The zero-order valence-corrected chi connectivity index (χ0v) is 13.6.